The molecule has 0 radical (unpaired) electrons. The van der Waals surface area contributed by atoms with Crippen LogP contribution in [-0.2, 0) is 6.54 Å². The standard InChI is InChI=1S/C10H16BrNS2/c1-7(13-3)5-12-6-9-4-10(11)8(2)14-9/h4,7,12H,5-6H2,1-3H3. The zero-order valence-corrected chi connectivity index (χ0v) is 12.0. The zero-order chi connectivity index (χ0) is 10.6. The average Bonchev–Trinajstić information content (AvgIpc) is 2.46. The highest BCUT2D eigenvalue weighted by molar-refractivity contribution is 9.10. The molecule has 14 heavy (non-hydrogen) atoms. The lowest BCUT2D eigenvalue weighted by Gasteiger charge is -2.08. The molecule has 0 saturated carbocycles. The summed E-state index contributed by atoms with van der Waals surface area (Å²) >= 11 is 7.29. The van der Waals surface area contributed by atoms with Crippen LogP contribution < -0.4 is 5.32 Å². The molecule has 0 amide bonds. The van der Waals surface area contributed by atoms with Gasteiger partial charge in [-0.05, 0) is 35.2 Å². The van der Waals surface area contributed by atoms with Crippen LogP contribution in [0.5, 0.6) is 0 Å². The first-order valence-electron chi connectivity index (χ1n) is 4.61. The lowest BCUT2D eigenvalue weighted by molar-refractivity contribution is 0.691. The second kappa shape index (κ2) is 6.16. The number of rotatable bonds is 5. The highest BCUT2D eigenvalue weighted by atomic mass is 79.9. The molecular formula is C10H16BrNS2. The van der Waals surface area contributed by atoms with Gasteiger partial charge in [-0.25, -0.2) is 0 Å². The molecule has 1 aromatic heterocycles. The molecule has 1 aromatic rings. The van der Waals surface area contributed by atoms with Crippen molar-refractivity contribution in [3.63, 3.8) is 0 Å². The summed E-state index contributed by atoms with van der Waals surface area (Å²) in [6.45, 7) is 6.45. The number of aryl methyl sites for hydroxylation is 1. The first kappa shape index (κ1) is 12.6. The second-order valence-electron chi connectivity index (χ2n) is 3.29. The number of nitrogens with one attached hydrogen (secondary N) is 1. The predicted octanol–water partition coefficient (Wildman–Crippen LogP) is 3.66. The Morgan fingerprint density at radius 1 is 1.64 bits per heavy atom. The fourth-order valence-electron chi connectivity index (χ4n) is 1.09. The van der Waals surface area contributed by atoms with Gasteiger partial charge in [-0.3, -0.25) is 0 Å². The summed E-state index contributed by atoms with van der Waals surface area (Å²) in [5, 5.41) is 4.16. The number of thiophene rings is 1. The van der Waals surface area contributed by atoms with Gasteiger partial charge in [0.25, 0.3) is 0 Å². The van der Waals surface area contributed by atoms with Gasteiger partial charge < -0.3 is 5.32 Å². The first-order chi connectivity index (χ1) is 6.63. The summed E-state index contributed by atoms with van der Waals surface area (Å²) in [6.07, 6.45) is 2.15. The minimum atomic E-state index is 0.694. The monoisotopic (exact) mass is 293 g/mol. The van der Waals surface area contributed by atoms with Crippen molar-refractivity contribution in [3.05, 3.63) is 20.3 Å². The van der Waals surface area contributed by atoms with E-state index in [4.69, 9.17) is 0 Å². The van der Waals surface area contributed by atoms with Crippen LogP contribution in [0.25, 0.3) is 0 Å². The predicted molar refractivity (Wildman–Crippen MR) is 71.4 cm³/mol. The fourth-order valence-corrected chi connectivity index (χ4v) is 2.94. The van der Waals surface area contributed by atoms with Crippen molar-refractivity contribution in [2.75, 3.05) is 12.8 Å². The Labute approximate surface area is 103 Å². The van der Waals surface area contributed by atoms with E-state index in [1.165, 1.54) is 14.2 Å². The molecule has 0 aromatic carbocycles. The maximum Gasteiger partial charge on any atom is 0.0314 e. The molecule has 0 aliphatic rings. The van der Waals surface area contributed by atoms with Crippen molar-refractivity contribution in [1.29, 1.82) is 0 Å². The Hall–Kier alpha value is 0.490. The second-order valence-corrected chi connectivity index (χ2v) is 6.77. The lowest BCUT2D eigenvalue weighted by atomic mass is 10.4. The van der Waals surface area contributed by atoms with E-state index in [9.17, 15) is 0 Å². The quantitative estimate of drug-likeness (QED) is 0.889. The van der Waals surface area contributed by atoms with E-state index in [1.807, 2.05) is 23.1 Å². The van der Waals surface area contributed by atoms with E-state index >= 15 is 0 Å². The molecule has 1 heterocycles. The van der Waals surface area contributed by atoms with E-state index in [2.05, 4.69) is 47.4 Å². The molecule has 1 N–H and O–H groups in total. The van der Waals surface area contributed by atoms with Gasteiger partial charge in [0.05, 0.1) is 0 Å². The van der Waals surface area contributed by atoms with Gasteiger partial charge in [-0.2, -0.15) is 11.8 Å². The zero-order valence-electron chi connectivity index (χ0n) is 8.76. The Bertz CT molecular complexity index is 266. The third-order valence-corrected chi connectivity index (χ3v) is 5.15. The summed E-state index contributed by atoms with van der Waals surface area (Å²) in [6, 6.07) is 2.21. The van der Waals surface area contributed by atoms with E-state index < -0.39 is 0 Å². The highest BCUT2D eigenvalue weighted by Crippen LogP contribution is 2.26. The number of hydrogen-bond donors (Lipinski definition) is 1. The fraction of sp³-hybridized carbons (Fsp3) is 0.600. The number of halogens is 1. The molecule has 0 aliphatic carbocycles. The smallest absolute Gasteiger partial charge is 0.0314 e. The minimum absolute atomic E-state index is 0.694. The molecule has 1 nitrogen and oxygen atoms in total. The Morgan fingerprint density at radius 2 is 2.36 bits per heavy atom. The van der Waals surface area contributed by atoms with E-state index in [0.29, 0.717) is 5.25 Å². The van der Waals surface area contributed by atoms with E-state index in [0.717, 1.165) is 13.1 Å². The average molecular weight is 294 g/mol. The summed E-state index contributed by atoms with van der Waals surface area (Å²) in [7, 11) is 0. The van der Waals surface area contributed by atoms with Crippen molar-refractivity contribution in [2.45, 2.75) is 25.6 Å². The third kappa shape index (κ3) is 3.93. The summed E-state index contributed by atoms with van der Waals surface area (Å²) < 4.78 is 1.23. The molecule has 0 aliphatic heterocycles. The molecule has 1 atom stereocenters. The van der Waals surface area contributed by atoms with Gasteiger partial charge >= 0.3 is 0 Å². The molecule has 4 heteroatoms. The largest absolute Gasteiger partial charge is 0.311 e. The normalized spacial score (nSPS) is 13.1. The van der Waals surface area contributed by atoms with Crippen LogP contribution in [0.2, 0.25) is 0 Å². The van der Waals surface area contributed by atoms with Gasteiger partial charge in [-0.1, -0.05) is 6.92 Å². The summed E-state index contributed by atoms with van der Waals surface area (Å²) in [5.74, 6) is 0. The van der Waals surface area contributed by atoms with Crippen LogP contribution in [0.4, 0.5) is 0 Å². The molecule has 0 saturated heterocycles. The van der Waals surface area contributed by atoms with Gasteiger partial charge in [-0.15, -0.1) is 11.3 Å². The minimum Gasteiger partial charge on any atom is -0.311 e. The molecular weight excluding hydrogens is 278 g/mol. The van der Waals surface area contributed by atoms with Crippen molar-refractivity contribution >= 4 is 39.0 Å². The molecule has 1 unspecified atom stereocenters. The van der Waals surface area contributed by atoms with Crippen LogP contribution in [0.1, 0.15) is 16.7 Å². The third-order valence-electron chi connectivity index (χ3n) is 2.04. The van der Waals surface area contributed by atoms with Crippen LogP contribution in [0, 0.1) is 6.92 Å². The molecule has 0 fully saturated rings. The van der Waals surface area contributed by atoms with Gasteiger partial charge in [0.15, 0.2) is 0 Å². The van der Waals surface area contributed by atoms with Crippen LogP contribution in [-0.4, -0.2) is 18.1 Å². The first-order valence-corrected chi connectivity index (χ1v) is 7.51. The highest BCUT2D eigenvalue weighted by Gasteiger charge is 2.03. The number of thioether (sulfide) groups is 1. The lowest BCUT2D eigenvalue weighted by Crippen LogP contribution is -2.21. The maximum atomic E-state index is 3.53. The van der Waals surface area contributed by atoms with Crippen molar-refractivity contribution < 1.29 is 0 Å². The van der Waals surface area contributed by atoms with Crippen LogP contribution >= 0.6 is 39.0 Å². The van der Waals surface area contributed by atoms with Crippen LogP contribution in [0.15, 0.2) is 10.5 Å². The summed E-state index contributed by atoms with van der Waals surface area (Å²) in [4.78, 5) is 2.77. The SMILES string of the molecule is CSC(C)CNCc1cc(Br)c(C)s1. The van der Waals surface area contributed by atoms with Crippen LogP contribution in [0.3, 0.4) is 0 Å². The summed E-state index contributed by atoms with van der Waals surface area (Å²) in [5.41, 5.74) is 0. The van der Waals surface area contributed by atoms with Gasteiger partial charge in [0.2, 0.25) is 0 Å². The Balaban J connectivity index is 2.31. The van der Waals surface area contributed by atoms with E-state index in [1.54, 1.807) is 0 Å². The van der Waals surface area contributed by atoms with Crippen molar-refractivity contribution in [1.82, 2.24) is 5.32 Å². The van der Waals surface area contributed by atoms with E-state index in [-0.39, 0.29) is 0 Å². The molecule has 80 valence electrons. The van der Waals surface area contributed by atoms with Gasteiger partial charge in [0.1, 0.15) is 0 Å². The van der Waals surface area contributed by atoms with Crippen molar-refractivity contribution in [3.8, 4) is 0 Å². The maximum absolute atomic E-state index is 3.53. The molecule has 1 rings (SSSR count). The van der Waals surface area contributed by atoms with Gasteiger partial charge in [0, 0.05) is 32.6 Å². The number of hydrogen-bond acceptors (Lipinski definition) is 3. The van der Waals surface area contributed by atoms with Crippen molar-refractivity contribution in [2.24, 2.45) is 0 Å². The molecule has 0 bridgehead atoms. The molecule has 0 spiro atoms. The Morgan fingerprint density at radius 3 is 2.86 bits per heavy atom. The Kier molecular flexibility index (Phi) is 5.52. The topological polar surface area (TPSA) is 12.0 Å².